The molecule has 2 rings (SSSR count). The molecule has 0 atom stereocenters. The molecule has 116 valence electrons. The third kappa shape index (κ3) is 6.41. The fraction of sp³-hybridized carbons (Fsp3) is 0.278. The van der Waals surface area contributed by atoms with Gasteiger partial charge < -0.3 is 14.8 Å². The lowest BCUT2D eigenvalue weighted by atomic mass is 10.2. The molecule has 0 saturated heterocycles. The molecule has 2 aromatic carbocycles. The van der Waals surface area contributed by atoms with Crippen LogP contribution in [-0.4, -0.2) is 19.3 Å². The molecule has 0 saturated carbocycles. The highest BCUT2D eigenvalue weighted by Gasteiger charge is 2.01. The van der Waals surface area contributed by atoms with Gasteiger partial charge in [0.1, 0.15) is 0 Å². The zero-order valence-electron chi connectivity index (χ0n) is 12.5. The van der Waals surface area contributed by atoms with Crippen molar-refractivity contribution >= 4 is 6.09 Å². The molecule has 0 spiro atoms. The van der Waals surface area contributed by atoms with Crippen molar-refractivity contribution in [2.75, 3.05) is 13.2 Å². The molecule has 0 fully saturated rings. The molecule has 0 unspecified atom stereocenters. The van der Waals surface area contributed by atoms with Gasteiger partial charge in [-0.2, -0.15) is 0 Å². The minimum Gasteiger partial charge on any atom is -0.449 e. The Morgan fingerprint density at radius 3 is 2.18 bits per heavy atom. The highest BCUT2D eigenvalue weighted by molar-refractivity contribution is 5.67. The zero-order valence-corrected chi connectivity index (χ0v) is 12.5. The number of nitrogens with one attached hydrogen (secondary N) is 1. The van der Waals surface area contributed by atoms with Gasteiger partial charge in [0, 0.05) is 13.0 Å². The molecule has 1 amide bonds. The second-order valence-electron chi connectivity index (χ2n) is 4.87. The van der Waals surface area contributed by atoms with Gasteiger partial charge in [-0.3, -0.25) is 0 Å². The van der Waals surface area contributed by atoms with E-state index in [9.17, 15) is 4.79 Å². The lowest BCUT2D eigenvalue weighted by molar-refractivity contribution is 0.0921. The van der Waals surface area contributed by atoms with Gasteiger partial charge in [-0.25, -0.2) is 4.79 Å². The molecule has 0 radical (unpaired) electrons. The van der Waals surface area contributed by atoms with Crippen molar-refractivity contribution in [3.8, 4) is 0 Å². The largest absolute Gasteiger partial charge is 0.449 e. The van der Waals surface area contributed by atoms with E-state index in [0.29, 0.717) is 32.8 Å². The Labute approximate surface area is 131 Å². The number of rotatable bonds is 8. The van der Waals surface area contributed by atoms with E-state index in [-0.39, 0.29) is 0 Å². The first kappa shape index (κ1) is 16.0. The molecule has 0 aliphatic rings. The van der Waals surface area contributed by atoms with E-state index in [1.54, 1.807) is 0 Å². The summed E-state index contributed by atoms with van der Waals surface area (Å²) >= 11 is 0. The normalized spacial score (nSPS) is 10.2. The van der Waals surface area contributed by atoms with Crippen molar-refractivity contribution in [2.45, 2.75) is 19.6 Å². The Morgan fingerprint density at radius 1 is 0.864 bits per heavy atom. The smallest absolute Gasteiger partial charge is 0.407 e. The van der Waals surface area contributed by atoms with Crippen LogP contribution in [0.1, 0.15) is 17.5 Å². The maximum absolute atomic E-state index is 11.5. The molecule has 0 bridgehead atoms. The van der Waals surface area contributed by atoms with Crippen LogP contribution < -0.4 is 5.32 Å². The summed E-state index contributed by atoms with van der Waals surface area (Å²) in [6.45, 7) is 1.99. The Balaban J connectivity index is 1.49. The number of hydrogen-bond donors (Lipinski definition) is 1. The van der Waals surface area contributed by atoms with Crippen LogP contribution in [0.2, 0.25) is 0 Å². The van der Waals surface area contributed by atoms with E-state index in [1.165, 1.54) is 0 Å². The first-order chi connectivity index (χ1) is 10.8. The average molecular weight is 299 g/mol. The molecule has 4 heteroatoms. The van der Waals surface area contributed by atoms with Crippen LogP contribution in [0.4, 0.5) is 4.79 Å². The highest BCUT2D eigenvalue weighted by Crippen LogP contribution is 2.01. The van der Waals surface area contributed by atoms with E-state index < -0.39 is 6.09 Å². The summed E-state index contributed by atoms with van der Waals surface area (Å²) < 4.78 is 10.6. The molecule has 4 nitrogen and oxygen atoms in total. The maximum atomic E-state index is 11.5. The summed E-state index contributed by atoms with van der Waals surface area (Å²) in [5.74, 6) is 0. The van der Waals surface area contributed by atoms with Crippen molar-refractivity contribution in [3.05, 3.63) is 71.8 Å². The lowest BCUT2D eigenvalue weighted by Gasteiger charge is -2.07. The molecule has 1 N–H and O–H groups in total. The molecule has 2 aromatic rings. The number of benzene rings is 2. The Bertz CT molecular complexity index is 543. The molecule has 22 heavy (non-hydrogen) atoms. The van der Waals surface area contributed by atoms with Gasteiger partial charge in [-0.1, -0.05) is 60.7 Å². The van der Waals surface area contributed by atoms with E-state index in [2.05, 4.69) is 5.32 Å². The predicted octanol–water partition coefficient (Wildman–Crippen LogP) is 3.52. The molecule has 0 aromatic heterocycles. The summed E-state index contributed by atoms with van der Waals surface area (Å²) in [5.41, 5.74) is 2.19. The van der Waals surface area contributed by atoms with E-state index in [1.807, 2.05) is 60.7 Å². The standard InChI is InChI=1S/C18H21NO3/c20-18(19-14-16-8-3-1-4-9-16)22-13-7-12-21-15-17-10-5-2-6-11-17/h1-6,8-11H,7,12-15H2,(H,19,20). The first-order valence-corrected chi connectivity index (χ1v) is 7.41. The number of carbonyl (C=O) groups excluding carboxylic acids is 1. The summed E-state index contributed by atoms with van der Waals surface area (Å²) in [5, 5.41) is 2.71. The van der Waals surface area contributed by atoms with Crippen molar-refractivity contribution in [1.82, 2.24) is 5.32 Å². The summed E-state index contributed by atoms with van der Waals surface area (Å²) in [4.78, 5) is 11.5. The molecular formula is C18H21NO3. The van der Waals surface area contributed by atoms with Crippen molar-refractivity contribution in [2.24, 2.45) is 0 Å². The van der Waals surface area contributed by atoms with Crippen LogP contribution >= 0.6 is 0 Å². The van der Waals surface area contributed by atoms with Gasteiger partial charge in [0.2, 0.25) is 0 Å². The van der Waals surface area contributed by atoms with Crippen molar-refractivity contribution in [1.29, 1.82) is 0 Å². The highest BCUT2D eigenvalue weighted by atomic mass is 16.5. The summed E-state index contributed by atoms with van der Waals surface area (Å²) in [6, 6.07) is 19.7. The van der Waals surface area contributed by atoms with Gasteiger partial charge in [0.05, 0.1) is 19.8 Å². The Kier molecular flexibility index (Phi) is 6.99. The van der Waals surface area contributed by atoms with Gasteiger partial charge in [0.25, 0.3) is 0 Å². The number of carbonyl (C=O) groups is 1. The Morgan fingerprint density at radius 2 is 1.50 bits per heavy atom. The molecule has 0 heterocycles. The average Bonchev–Trinajstić information content (AvgIpc) is 2.58. The van der Waals surface area contributed by atoms with E-state index >= 15 is 0 Å². The number of alkyl carbamates (subject to hydrolysis) is 1. The van der Waals surface area contributed by atoms with Crippen molar-refractivity contribution < 1.29 is 14.3 Å². The van der Waals surface area contributed by atoms with Crippen LogP contribution in [0.5, 0.6) is 0 Å². The predicted molar refractivity (Wildman–Crippen MR) is 85.3 cm³/mol. The molecule has 0 aliphatic heterocycles. The van der Waals surface area contributed by atoms with Crippen molar-refractivity contribution in [3.63, 3.8) is 0 Å². The first-order valence-electron chi connectivity index (χ1n) is 7.41. The lowest BCUT2D eigenvalue weighted by Crippen LogP contribution is -2.24. The monoisotopic (exact) mass is 299 g/mol. The van der Waals surface area contributed by atoms with Crippen LogP contribution in [0.25, 0.3) is 0 Å². The topological polar surface area (TPSA) is 47.6 Å². The third-order valence-corrected chi connectivity index (χ3v) is 3.06. The van der Waals surface area contributed by atoms with Gasteiger partial charge >= 0.3 is 6.09 Å². The number of amides is 1. The van der Waals surface area contributed by atoms with Gasteiger partial charge in [-0.15, -0.1) is 0 Å². The van der Waals surface area contributed by atoms with Crippen LogP contribution in [0.3, 0.4) is 0 Å². The summed E-state index contributed by atoms with van der Waals surface area (Å²) in [7, 11) is 0. The minimum absolute atomic E-state index is 0.357. The van der Waals surface area contributed by atoms with Crippen LogP contribution in [-0.2, 0) is 22.6 Å². The third-order valence-electron chi connectivity index (χ3n) is 3.06. The Hall–Kier alpha value is -2.33. The number of hydrogen-bond acceptors (Lipinski definition) is 3. The van der Waals surface area contributed by atoms with E-state index in [4.69, 9.17) is 9.47 Å². The van der Waals surface area contributed by atoms with Crippen LogP contribution in [0, 0.1) is 0 Å². The summed E-state index contributed by atoms with van der Waals surface area (Å²) in [6.07, 6.45) is 0.290. The number of ether oxygens (including phenoxy) is 2. The second-order valence-corrected chi connectivity index (χ2v) is 4.87. The maximum Gasteiger partial charge on any atom is 0.407 e. The van der Waals surface area contributed by atoms with E-state index in [0.717, 1.165) is 11.1 Å². The second kappa shape index (κ2) is 9.58. The van der Waals surface area contributed by atoms with Gasteiger partial charge in [0.15, 0.2) is 0 Å². The minimum atomic E-state index is -0.396. The molecule has 0 aliphatic carbocycles. The molecular weight excluding hydrogens is 278 g/mol. The van der Waals surface area contributed by atoms with Gasteiger partial charge in [-0.05, 0) is 11.1 Å². The van der Waals surface area contributed by atoms with Crippen LogP contribution in [0.15, 0.2) is 60.7 Å². The zero-order chi connectivity index (χ0) is 15.5. The fourth-order valence-electron chi connectivity index (χ4n) is 1.91. The SMILES string of the molecule is O=C(NCc1ccccc1)OCCCOCc1ccccc1. The quantitative estimate of drug-likeness (QED) is 0.759. The fourth-order valence-corrected chi connectivity index (χ4v) is 1.91.